The Morgan fingerprint density at radius 2 is 1.83 bits per heavy atom. The van der Waals surface area contributed by atoms with E-state index in [2.05, 4.69) is 19.2 Å². The predicted octanol–water partition coefficient (Wildman–Crippen LogP) is 5.58. The second kappa shape index (κ2) is 21.0. The fraction of sp³-hybridized carbons (Fsp3) is 0.659. The number of phenols is 1. The summed E-state index contributed by atoms with van der Waals surface area (Å²) in [5.41, 5.74) is 2.34. The van der Waals surface area contributed by atoms with Gasteiger partial charge in [0, 0.05) is 44.1 Å². The zero-order valence-corrected chi connectivity index (χ0v) is 31.5. The number of unbranched alkanes of at least 4 members (excludes halogenated alkanes) is 2. The van der Waals surface area contributed by atoms with Crippen molar-refractivity contribution in [1.29, 1.82) is 0 Å². The highest BCUT2D eigenvalue weighted by Gasteiger charge is 2.65. The summed E-state index contributed by atoms with van der Waals surface area (Å²) in [5.74, 6) is -1.57. The molecule has 0 bridgehead atoms. The van der Waals surface area contributed by atoms with Crippen molar-refractivity contribution in [2.75, 3.05) is 59.4 Å². The van der Waals surface area contributed by atoms with E-state index in [0.29, 0.717) is 43.8 Å². The van der Waals surface area contributed by atoms with Crippen LogP contribution in [0.5, 0.6) is 11.5 Å². The third kappa shape index (κ3) is 9.85. The zero-order chi connectivity index (χ0) is 38.3. The first-order chi connectivity index (χ1) is 26.4. The molecule has 13 nitrogen and oxygen atoms in total. The van der Waals surface area contributed by atoms with E-state index in [9.17, 15) is 25.2 Å². The van der Waals surface area contributed by atoms with Gasteiger partial charge in [-0.3, -0.25) is 4.90 Å². The van der Waals surface area contributed by atoms with E-state index in [0.717, 1.165) is 49.7 Å². The minimum absolute atomic E-state index is 0.0172. The number of fused-ring (bicyclic) bond motifs is 2. The van der Waals surface area contributed by atoms with Gasteiger partial charge in [0.1, 0.15) is 17.5 Å². The number of benzene rings is 1. The molecule has 2 aliphatic carbocycles. The van der Waals surface area contributed by atoms with Gasteiger partial charge in [-0.05, 0) is 80.6 Å². The monoisotopic (exact) mass is 756 g/mol. The lowest BCUT2D eigenvalue weighted by Gasteiger charge is -2.59. The van der Waals surface area contributed by atoms with Crippen LogP contribution in [0.25, 0.3) is 0 Å². The molecule has 4 aliphatic rings. The molecular weight excluding hydrogens is 696 g/mol. The van der Waals surface area contributed by atoms with Crippen molar-refractivity contribution < 1.29 is 53.7 Å². The summed E-state index contributed by atoms with van der Waals surface area (Å²) >= 11 is 0. The number of rotatable bonds is 22. The van der Waals surface area contributed by atoms with Crippen LogP contribution >= 0.6 is 0 Å². The second-order valence-electron chi connectivity index (χ2n) is 14.4. The lowest BCUT2D eigenvalue weighted by atomic mass is 9.55. The van der Waals surface area contributed by atoms with Gasteiger partial charge in [-0.15, -0.1) is 13.2 Å². The lowest BCUT2D eigenvalue weighted by molar-refractivity contribution is -0.256. The van der Waals surface area contributed by atoms with E-state index < -0.39 is 30.1 Å². The van der Waals surface area contributed by atoms with Gasteiger partial charge in [-0.2, -0.15) is 0 Å². The molecule has 7 unspecified atom stereocenters. The quantitative estimate of drug-likeness (QED) is 0.0663. The highest BCUT2D eigenvalue weighted by Crippen LogP contribution is 2.62. The SMILES string of the molecule is C=CCCOC(=O)N(CCOCCO)C1CC(=NOC2CCCCO2)C2=CC(CCCCO)C(CCCCO)C3c4cc(O)ccc4OC1(OCC=C)C23. The van der Waals surface area contributed by atoms with Crippen molar-refractivity contribution in [2.45, 2.75) is 94.7 Å². The highest BCUT2D eigenvalue weighted by molar-refractivity contribution is 6.03. The summed E-state index contributed by atoms with van der Waals surface area (Å²) < 4.78 is 31.4. The number of allylic oxidation sites excluding steroid dienone is 1. The van der Waals surface area contributed by atoms with Crippen LogP contribution in [-0.2, 0) is 23.8 Å². The summed E-state index contributed by atoms with van der Waals surface area (Å²) in [7, 11) is 0. The number of oxime groups is 1. The molecule has 1 aromatic carbocycles. The first-order valence-corrected chi connectivity index (χ1v) is 19.7. The van der Waals surface area contributed by atoms with Crippen LogP contribution in [0.15, 0.2) is 60.3 Å². The summed E-state index contributed by atoms with van der Waals surface area (Å²) in [6, 6.07) is 4.30. The Labute approximate surface area is 319 Å². The Morgan fingerprint density at radius 3 is 2.56 bits per heavy atom. The second-order valence-corrected chi connectivity index (χ2v) is 14.4. The number of ether oxygens (including phenoxy) is 5. The minimum Gasteiger partial charge on any atom is -0.508 e. The smallest absolute Gasteiger partial charge is 0.410 e. The van der Waals surface area contributed by atoms with Gasteiger partial charge in [0.05, 0.1) is 51.3 Å². The predicted molar refractivity (Wildman–Crippen MR) is 202 cm³/mol. The number of hydrogen-bond acceptors (Lipinski definition) is 12. The van der Waals surface area contributed by atoms with E-state index in [4.69, 9.17) is 33.7 Å². The van der Waals surface area contributed by atoms with Crippen LogP contribution in [0.1, 0.15) is 82.1 Å². The van der Waals surface area contributed by atoms with Gasteiger partial charge in [-0.25, -0.2) is 4.79 Å². The van der Waals surface area contributed by atoms with Crippen LogP contribution < -0.4 is 4.74 Å². The van der Waals surface area contributed by atoms with Crippen LogP contribution in [0.3, 0.4) is 0 Å². The lowest BCUT2D eigenvalue weighted by Crippen LogP contribution is -2.70. The van der Waals surface area contributed by atoms with Gasteiger partial charge in [0.25, 0.3) is 0 Å². The molecule has 2 fully saturated rings. The molecule has 0 aromatic heterocycles. The molecule has 1 saturated heterocycles. The molecule has 1 aromatic rings. The number of phenolic OH excluding ortho intramolecular Hbond substituents is 1. The van der Waals surface area contributed by atoms with Crippen LogP contribution in [0.4, 0.5) is 4.79 Å². The van der Waals surface area contributed by atoms with Gasteiger partial charge in [-0.1, -0.05) is 36.2 Å². The van der Waals surface area contributed by atoms with Crippen LogP contribution in [0.2, 0.25) is 0 Å². The van der Waals surface area contributed by atoms with E-state index in [1.807, 2.05) is 0 Å². The molecule has 54 heavy (non-hydrogen) atoms. The molecule has 1 amide bonds. The fourth-order valence-electron chi connectivity index (χ4n) is 8.59. The molecule has 4 N–H and O–H groups in total. The van der Waals surface area contributed by atoms with Gasteiger partial charge in [0.2, 0.25) is 12.1 Å². The number of aliphatic hydroxyl groups excluding tert-OH is 3. The first-order valence-electron chi connectivity index (χ1n) is 19.7. The number of carbonyl (C=O) groups is 1. The molecule has 1 saturated carbocycles. The number of hydrogen-bond donors (Lipinski definition) is 4. The van der Waals surface area contributed by atoms with Crippen molar-refractivity contribution in [3.8, 4) is 11.5 Å². The van der Waals surface area contributed by atoms with E-state index in [1.165, 1.54) is 0 Å². The Kier molecular flexibility index (Phi) is 16.2. The standard InChI is InChI=1S/C41H60N2O11/c1-3-5-22-51-40(48)43(17-24-49-25-20-46)36-28-34(42-54-37-14-8-11-23-50-37)32-26-29(12-6-9-18-44)31(13-7-10-19-45)38-33-27-30(47)15-16-35(33)53-41(36,39(32)38)52-21-4-2/h3-4,15-16,26-27,29,31,36-39,44-47H,1-2,5-14,17-25,28H2. The normalized spacial score (nSPS) is 27.9. The molecule has 7 atom stereocenters. The summed E-state index contributed by atoms with van der Waals surface area (Å²) in [6.07, 6.45) is 12.2. The Bertz CT molecular complexity index is 1430. The zero-order valence-electron chi connectivity index (χ0n) is 31.5. The van der Waals surface area contributed by atoms with E-state index in [1.54, 1.807) is 35.3 Å². The summed E-state index contributed by atoms with van der Waals surface area (Å²) in [6.45, 7) is 8.85. The maximum Gasteiger partial charge on any atom is 0.410 e. The average Bonchev–Trinajstić information content (AvgIpc) is 3.18. The molecule has 13 heteroatoms. The maximum absolute atomic E-state index is 14.2. The highest BCUT2D eigenvalue weighted by atomic mass is 16.8. The third-order valence-corrected chi connectivity index (χ3v) is 10.9. The molecule has 5 rings (SSSR count). The van der Waals surface area contributed by atoms with Crippen molar-refractivity contribution in [3.63, 3.8) is 0 Å². The minimum atomic E-state index is -1.48. The summed E-state index contributed by atoms with van der Waals surface area (Å²) in [4.78, 5) is 21.9. The third-order valence-electron chi connectivity index (χ3n) is 10.9. The Morgan fingerprint density at radius 1 is 1.02 bits per heavy atom. The number of aromatic hydroxyl groups is 1. The number of aliphatic hydroxyl groups is 3. The van der Waals surface area contributed by atoms with E-state index >= 15 is 0 Å². The molecule has 0 spiro atoms. The largest absolute Gasteiger partial charge is 0.508 e. The van der Waals surface area contributed by atoms with Crippen molar-refractivity contribution in [1.82, 2.24) is 4.90 Å². The Balaban J connectivity index is 1.73. The topological polar surface area (TPSA) is 169 Å². The molecule has 300 valence electrons. The number of amides is 1. The first kappa shape index (κ1) is 41.7. The van der Waals surface area contributed by atoms with Gasteiger partial charge < -0.3 is 48.9 Å². The van der Waals surface area contributed by atoms with Crippen molar-refractivity contribution in [2.24, 2.45) is 22.9 Å². The number of carbonyl (C=O) groups excluding carboxylic acids is 1. The Hall–Kier alpha value is -3.46. The van der Waals surface area contributed by atoms with Crippen molar-refractivity contribution in [3.05, 3.63) is 60.7 Å². The van der Waals surface area contributed by atoms with E-state index in [-0.39, 0.29) is 82.7 Å². The fourth-order valence-corrected chi connectivity index (χ4v) is 8.59. The van der Waals surface area contributed by atoms with Gasteiger partial charge in [0.15, 0.2) is 0 Å². The molecule has 2 aliphatic heterocycles. The molecular formula is C41H60N2O11. The van der Waals surface area contributed by atoms with Gasteiger partial charge >= 0.3 is 6.09 Å². The average molecular weight is 757 g/mol. The van der Waals surface area contributed by atoms with Crippen LogP contribution in [0, 0.1) is 17.8 Å². The number of nitrogens with zero attached hydrogens (tertiary/aromatic N) is 2. The maximum atomic E-state index is 14.2. The summed E-state index contributed by atoms with van der Waals surface area (Å²) in [5, 5.41) is 44.7. The molecule has 2 heterocycles. The van der Waals surface area contributed by atoms with Crippen LogP contribution in [-0.4, -0.2) is 115 Å². The molecule has 0 radical (unpaired) electrons. The van der Waals surface area contributed by atoms with Crippen molar-refractivity contribution >= 4 is 11.8 Å².